The van der Waals surface area contributed by atoms with Crippen LogP contribution in [0.5, 0.6) is 0 Å². The van der Waals surface area contributed by atoms with Crippen molar-refractivity contribution < 1.29 is 0 Å². The molecule has 0 spiro atoms. The molecule has 4 heteroatoms. The minimum Gasteiger partial charge on any atom is -0.370 e. The molecule has 1 atom stereocenters. The smallest absolute Gasteiger partial charge is 0.191 e. The van der Waals surface area contributed by atoms with E-state index in [1.54, 1.807) is 0 Å². The van der Waals surface area contributed by atoms with Gasteiger partial charge in [0.25, 0.3) is 0 Å². The number of hydrogen-bond acceptors (Lipinski definition) is 4. The van der Waals surface area contributed by atoms with Gasteiger partial charge in [-0.15, -0.1) is 0 Å². The molecule has 0 aliphatic carbocycles. The zero-order valence-corrected chi connectivity index (χ0v) is 6.60. The van der Waals surface area contributed by atoms with E-state index in [-0.39, 0.29) is 0 Å². The summed E-state index contributed by atoms with van der Waals surface area (Å²) >= 11 is 2.00. The third kappa shape index (κ3) is 0.868. The Kier molecular flexibility index (Phi) is 1.48. The minimum atomic E-state index is 0.610. The van der Waals surface area contributed by atoms with E-state index in [9.17, 15) is 0 Å². The number of thioether (sulfide) groups is 1. The van der Waals surface area contributed by atoms with Crippen molar-refractivity contribution in [3.8, 4) is 0 Å². The van der Waals surface area contributed by atoms with Crippen LogP contribution < -0.4 is 5.73 Å². The molecule has 2 heterocycles. The molecule has 0 saturated carbocycles. The van der Waals surface area contributed by atoms with Gasteiger partial charge in [-0.05, 0) is 0 Å². The summed E-state index contributed by atoms with van der Waals surface area (Å²) in [5.41, 5.74) is 5.66. The minimum absolute atomic E-state index is 0.610. The van der Waals surface area contributed by atoms with E-state index < -0.39 is 0 Å². The average molecular weight is 157 g/mol. The lowest BCUT2D eigenvalue weighted by molar-refractivity contribution is 0.376. The Morgan fingerprint density at radius 3 is 3.40 bits per heavy atom. The third-order valence-corrected chi connectivity index (χ3v) is 3.08. The fourth-order valence-electron chi connectivity index (χ4n) is 1.40. The van der Waals surface area contributed by atoms with Gasteiger partial charge in [0.2, 0.25) is 0 Å². The summed E-state index contributed by atoms with van der Waals surface area (Å²) in [7, 11) is 0. The van der Waals surface area contributed by atoms with Gasteiger partial charge in [0, 0.05) is 18.1 Å². The van der Waals surface area contributed by atoms with Crippen LogP contribution in [-0.4, -0.2) is 41.5 Å². The topological polar surface area (TPSA) is 41.6 Å². The van der Waals surface area contributed by atoms with Gasteiger partial charge in [-0.1, -0.05) is 0 Å². The molecule has 3 nitrogen and oxygen atoms in total. The molecule has 0 aromatic carbocycles. The molecule has 1 unspecified atom stereocenters. The summed E-state index contributed by atoms with van der Waals surface area (Å²) in [5.74, 6) is 3.15. The van der Waals surface area contributed by atoms with Crippen LogP contribution in [-0.2, 0) is 0 Å². The van der Waals surface area contributed by atoms with E-state index >= 15 is 0 Å². The highest BCUT2D eigenvalue weighted by Gasteiger charge is 2.28. The first kappa shape index (κ1) is 6.34. The molecule has 0 aromatic rings. The van der Waals surface area contributed by atoms with E-state index in [4.69, 9.17) is 5.73 Å². The molecule has 0 aromatic heterocycles. The zero-order valence-electron chi connectivity index (χ0n) is 5.79. The van der Waals surface area contributed by atoms with Crippen LogP contribution in [0, 0.1) is 0 Å². The number of hydrogen-bond donors (Lipinski definition) is 1. The average Bonchev–Trinajstić information content (AvgIpc) is 2.34. The lowest BCUT2D eigenvalue weighted by Crippen LogP contribution is -2.45. The quantitative estimate of drug-likeness (QED) is 0.526. The third-order valence-electron chi connectivity index (χ3n) is 1.99. The summed E-state index contributed by atoms with van der Waals surface area (Å²) in [6.45, 7) is 2.00. The highest BCUT2D eigenvalue weighted by molar-refractivity contribution is 7.99. The van der Waals surface area contributed by atoms with Crippen LogP contribution in [0.15, 0.2) is 4.99 Å². The lowest BCUT2D eigenvalue weighted by atomic mass is 10.3. The molecule has 2 aliphatic rings. The molecule has 2 N–H and O–H groups in total. The van der Waals surface area contributed by atoms with Crippen LogP contribution in [0.1, 0.15) is 0 Å². The molecule has 10 heavy (non-hydrogen) atoms. The first-order valence-electron chi connectivity index (χ1n) is 3.52. The molecule has 1 saturated heterocycles. The molecule has 0 bridgehead atoms. The fraction of sp³-hybridized carbons (Fsp3) is 0.833. The number of nitrogens with zero attached hydrogens (tertiary/aromatic N) is 2. The van der Waals surface area contributed by atoms with Crippen molar-refractivity contribution in [2.45, 2.75) is 6.04 Å². The second-order valence-electron chi connectivity index (χ2n) is 2.62. The Hall–Kier alpha value is -0.380. The predicted octanol–water partition coefficient (Wildman–Crippen LogP) is -0.268. The first-order chi connectivity index (χ1) is 4.88. The standard InChI is InChI=1S/C6H11N3S/c7-6-8-3-5-4-10-2-1-9(5)6/h5H,1-4H2,(H2,7,8). The van der Waals surface area contributed by atoms with Gasteiger partial charge in [-0.25, -0.2) is 0 Å². The van der Waals surface area contributed by atoms with Crippen molar-refractivity contribution in [2.75, 3.05) is 24.6 Å². The Morgan fingerprint density at radius 2 is 2.60 bits per heavy atom. The van der Waals surface area contributed by atoms with E-state index in [0.29, 0.717) is 6.04 Å². The summed E-state index contributed by atoms with van der Waals surface area (Å²) in [6, 6.07) is 0.610. The van der Waals surface area contributed by atoms with Crippen LogP contribution in [0.4, 0.5) is 0 Å². The van der Waals surface area contributed by atoms with Gasteiger partial charge in [0.1, 0.15) is 0 Å². The highest BCUT2D eigenvalue weighted by atomic mass is 32.2. The SMILES string of the molecule is NC1=NCC2CSCCN12. The number of aliphatic imine (C=N–C) groups is 1. The van der Waals surface area contributed by atoms with Gasteiger partial charge < -0.3 is 10.6 Å². The molecular weight excluding hydrogens is 146 g/mol. The zero-order chi connectivity index (χ0) is 6.97. The van der Waals surface area contributed by atoms with E-state index in [1.807, 2.05) is 11.8 Å². The van der Waals surface area contributed by atoms with E-state index in [2.05, 4.69) is 9.89 Å². The second-order valence-corrected chi connectivity index (χ2v) is 3.77. The lowest BCUT2D eigenvalue weighted by Gasteiger charge is -2.29. The maximum atomic E-state index is 5.66. The molecule has 2 aliphatic heterocycles. The van der Waals surface area contributed by atoms with Crippen LogP contribution in [0.25, 0.3) is 0 Å². The summed E-state index contributed by atoms with van der Waals surface area (Å²) in [6.07, 6.45) is 0. The number of fused-ring (bicyclic) bond motifs is 1. The van der Waals surface area contributed by atoms with Crippen molar-refractivity contribution >= 4 is 17.7 Å². The van der Waals surface area contributed by atoms with Gasteiger partial charge in [-0.3, -0.25) is 4.99 Å². The Balaban J connectivity index is 2.08. The monoisotopic (exact) mass is 157 g/mol. The maximum absolute atomic E-state index is 5.66. The molecule has 2 rings (SSSR count). The maximum Gasteiger partial charge on any atom is 0.191 e. The van der Waals surface area contributed by atoms with Crippen molar-refractivity contribution in [2.24, 2.45) is 10.7 Å². The number of guanidine groups is 1. The van der Waals surface area contributed by atoms with Crippen LogP contribution >= 0.6 is 11.8 Å². The van der Waals surface area contributed by atoms with Crippen molar-refractivity contribution in [1.82, 2.24) is 4.90 Å². The number of nitrogens with two attached hydrogens (primary N) is 1. The normalized spacial score (nSPS) is 31.8. The predicted molar refractivity (Wildman–Crippen MR) is 44.3 cm³/mol. The largest absolute Gasteiger partial charge is 0.370 e. The number of rotatable bonds is 0. The Bertz CT molecular complexity index is 168. The second kappa shape index (κ2) is 2.34. The van der Waals surface area contributed by atoms with Gasteiger partial charge in [0.15, 0.2) is 5.96 Å². The molecule has 0 amide bonds. The Morgan fingerprint density at radius 1 is 1.70 bits per heavy atom. The highest BCUT2D eigenvalue weighted by Crippen LogP contribution is 2.19. The first-order valence-corrected chi connectivity index (χ1v) is 4.68. The summed E-state index contributed by atoms with van der Waals surface area (Å²) in [5, 5.41) is 0. The van der Waals surface area contributed by atoms with Gasteiger partial charge in [-0.2, -0.15) is 11.8 Å². The molecule has 56 valence electrons. The molecule has 0 radical (unpaired) electrons. The van der Waals surface area contributed by atoms with E-state index in [0.717, 1.165) is 19.0 Å². The van der Waals surface area contributed by atoms with E-state index in [1.165, 1.54) is 11.5 Å². The van der Waals surface area contributed by atoms with Gasteiger partial charge >= 0.3 is 0 Å². The van der Waals surface area contributed by atoms with Crippen molar-refractivity contribution in [1.29, 1.82) is 0 Å². The Labute approximate surface area is 64.7 Å². The van der Waals surface area contributed by atoms with Crippen LogP contribution in [0.3, 0.4) is 0 Å². The summed E-state index contributed by atoms with van der Waals surface area (Å²) < 4.78 is 0. The summed E-state index contributed by atoms with van der Waals surface area (Å²) in [4.78, 5) is 6.41. The van der Waals surface area contributed by atoms with Crippen molar-refractivity contribution in [3.05, 3.63) is 0 Å². The van der Waals surface area contributed by atoms with Crippen LogP contribution in [0.2, 0.25) is 0 Å². The van der Waals surface area contributed by atoms with Crippen molar-refractivity contribution in [3.63, 3.8) is 0 Å². The fourth-order valence-corrected chi connectivity index (χ4v) is 2.45. The van der Waals surface area contributed by atoms with Gasteiger partial charge in [0.05, 0.1) is 12.6 Å². The molecular formula is C6H11N3S. The molecule has 1 fully saturated rings.